The van der Waals surface area contributed by atoms with E-state index in [4.69, 9.17) is 28.2 Å². The molecule has 2 fully saturated rings. The normalized spacial score (nSPS) is 23.1. The number of fused-ring (bicyclic) bond motifs is 2. The van der Waals surface area contributed by atoms with Crippen LogP contribution in [0.1, 0.15) is 56.2 Å². The molecule has 0 bridgehead atoms. The van der Waals surface area contributed by atoms with Crippen LogP contribution in [0.2, 0.25) is 5.02 Å². The molecule has 0 saturated carbocycles. The highest BCUT2D eigenvalue weighted by Crippen LogP contribution is 2.44. The van der Waals surface area contributed by atoms with Crippen LogP contribution in [0.5, 0.6) is 5.75 Å². The molecular formula is C32H36ClN5O. The fourth-order valence-electron chi connectivity index (χ4n) is 6.69. The molecule has 0 radical (unpaired) electrons. The highest BCUT2D eigenvalue weighted by atomic mass is 35.5. The molecule has 1 atom stereocenters. The van der Waals surface area contributed by atoms with Crippen LogP contribution in [-0.4, -0.2) is 55.2 Å². The van der Waals surface area contributed by atoms with Crippen molar-refractivity contribution >= 4 is 17.3 Å². The van der Waals surface area contributed by atoms with Crippen molar-refractivity contribution in [3.63, 3.8) is 0 Å². The van der Waals surface area contributed by atoms with Crippen molar-refractivity contribution in [2.45, 2.75) is 50.5 Å². The fraction of sp³-hybridized carbons (Fsp3) is 0.438. The standard InChI is InChI=1S/C32H36ClN5O/c1-2-39-31-8-4-3-7-26(31)28-11-10-27-29(36-28)21-37(20-25-6-5-15-35-25)22-32(27)13-16-38(17-14-32)30-12-9-24(33)18-23(30)19-34/h3-4,7-12,18,25,35H,2,5-6,13-17,20-22H2,1H3/t25-/m1/s1/i1D3,2D2. The van der Waals surface area contributed by atoms with Gasteiger partial charge in [-0.2, -0.15) is 5.26 Å². The summed E-state index contributed by atoms with van der Waals surface area (Å²) >= 11 is 6.17. The Bertz CT molecular complexity index is 1560. The summed E-state index contributed by atoms with van der Waals surface area (Å²) in [5.74, 6) is 0.142. The van der Waals surface area contributed by atoms with Crippen LogP contribution < -0.4 is 15.0 Å². The number of piperidine rings is 1. The van der Waals surface area contributed by atoms with E-state index in [0.717, 1.165) is 63.4 Å². The Morgan fingerprint density at radius 3 is 2.90 bits per heavy atom. The number of pyridine rings is 1. The van der Waals surface area contributed by atoms with Gasteiger partial charge in [0.1, 0.15) is 11.8 Å². The molecule has 39 heavy (non-hydrogen) atoms. The van der Waals surface area contributed by atoms with Gasteiger partial charge in [0, 0.05) is 58.9 Å². The average molecular weight is 547 g/mol. The van der Waals surface area contributed by atoms with Crippen LogP contribution in [0.25, 0.3) is 11.3 Å². The summed E-state index contributed by atoms with van der Waals surface area (Å²) in [6.45, 7) is -0.596. The van der Waals surface area contributed by atoms with Gasteiger partial charge in [0.05, 0.1) is 31.9 Å². The van der Waals surface area contributed by atoms with Gasteiger partial charge in [-0.05, 0) is 81.0 Å². The quantitative estimate of drug-likeness (QED) is 0.423. The van der Waals surface area contributed by atoms with Gasteiger partial charge in [0.25, 0.3) is 0 Å². The Labute approximate surface area is 243 Å². The number of nitriles is 1. The van der Waals surface area contributed by atoms with Gasteiger partial charge in [0.15, 0.2) is 0 Å². The smallest absolute Gasteiger partial charge is 0.128 e. The average Bonchev–Trinajstić information content (AvgIpc) is 3.50. The lowest BCUT2D eigenvalue weighted by Gasteiger charge is -2.49. The lowest BCUT2D eigenvalue weighted by Crippen LogP contribution is -2.54. The first-order valence-electron chi connectivity index (χ1n) is 16.2. The van der Waals surface area contributed by atoms with E-state index in [1.165, 1.54) is 12.0 Å². The molecule has 2 saturated heterocycles. The van der Waals surface area contributed by atoms with Crippen LogP contribution in [0.15, 0.2) is 54.6 Å². The summed E-state index contributed by atoms with van der Waals surface area (Å²) in [6, 6.07) is 19.2. The highest BCUT2D eigenvalue weighted by Gasteiger charge is 2.43. The second-order valence-electron chi connectivity index (χ2n) is 10.9. The van der Waals surface area contributed by atoms with Gasteiger partial charge < -0.3 is 15.0 Å². The summed E-state index contributed by atoms with van der Waals surface area (Å²) in [6.07, 6.45) is 4.14. The van der Waals surface area contributed by atoms with Crippen LogP contribution in [0, 0.1) is 11.3 Å². The molecular weight excluding hydrogens is 506 g/mol. The SMILES string of the molecule is [2H]C([2H])([2H])C([2H])([2H])Oc1ccccc1-c1ccc2c(n1)CN(C[C@H]1CCCN1)CC21CCN(c2ccc(Cl)cc2C#N)CC1. The topological polar surface area (TPSA) is 64.4 Å². The van der Waals surface area contributed by atoms with Crippen molar-refractivity contribution in [1.29, 1.82) is 5.26 Å². The molecule has 3 aromatic rings. The zero-order valence-electron chi connectivity index (χ0n) is 26.9. The van der Waals surface area contributed by atoms with Gasteiger partial charge in [-0.15, -0.1) is 0 Å². The third-order valence-corrected chi connectivity index (χ3v) is 8.79. The molecule has 6 rings (SSSR count). The molecule has 1 N–H and O–H groups in total. The number of aromatic nitrogens is 1. The number of anilines is 1. The number of nitrogens with zero attached hydrogens (tertiary/aromatic N) is 4. The minimum Gasteiger partial charge on any atom is -0.493 e. The molecule has 6 nitrogen and oxygen atoms in total. The Morgan fingerprint density at radius 1 is 1.23 bits per heavy atom. The van der Waals surface area contributed by atoms with Gasteiger partial charge in [-0.3, -0.25) is 9.88 Å². The van der Waals surface area contributed by atoms with E-state index in [-0.39, 0.29) is 11.2 Å². The van der Waals surface area contributed by atoms with E-state index in [1.54, 1.807) is 24.3 Å². The first kappa shape index (κ1) is 20.7. The van der Waals surface area contributed by atoms with Crippen molar-refractivity contribution in [3.8, 4) is 23.1 Å². The minimum atomic E-state index is -2.95. The summed E-state index contributed by atoms with van der Waals surface area (Å²) < 4.78 is 44.3. The van der Waals surface area contributed by atoms with E-state index >= 15 is 0 Å². The number of rotatable bonds is 6. The molecule has 0 unspecified atom stereocenters. The Hall–Kier alpha value is -3.11. The van der Waals surface area contributed by atoms with Crippen LogP contribution in [0.3, 0.4) is 0 Å². The Balaban J connectivity index is 1.33. The number of hydrogen-bond donors (Lipinski definition) is 1. The maximum atomic E-state index is 9.74. The summed E-state index contributed by atoms with van der Waals surface area (Å²) in [4.78, 5) is 9.94. The predicted octanol–water partition coefficient (Wildman–Crippen LogP) is 5.78. The van der Waals surface area contributed by atoms with Crippen molar-refractivity contribution in [2.24, 2.45) is 0 Å². The molecule has 7 heteroatoms. The number of hydrogen-bond acceptors (Lipinski definition) is 6. The first-order valence-corrected chi connectivity index (χ1v) is 14.0. The van der Waals surface area contributed by atoms with E-state index in [0.29, 0.717) is 34.4 Å². The van der Waals surface area contributed by atoms with Gasteiger partial charge in [0.2, 0.25) is 0 Å². The second kappa shape index (κ2) is 11.2. The fourth-order valence-corrected chi connectivity index (χ4v) is 6.86. The third-order valence-electron chi connectivity index (χ3n) is 8.55. The van der Waals surface area contributed by atoms with E-state index < -0.39 is 13.4 Å². The molecule has 0 amide bonds. The summed E-state index contributed by atoms with van der Waals surface area (Å²) in [5.41, 5.74) is 4.77. The molecule has 2 aromatic carbocycles. The van der Waals surface area contributed by atoms with Crippen LogP contribution in [-0.2, 0) is 12.0 Å². The molecule has 3 aliphatic rings. The van der Waals surface area contributed by atoms with E-state index in [9.17, 15) is 5.26 Å². The van der Waals surface area contributed by atoms with Crippen LogP contribution in [0.4, 0.5) is 5.69 Å². The van der Waals surface area contributed by atoms with Gasteiger partial charge in [-0.1, -0.05) is 29.8 Å². The molecule has 1 aromatic heterocycles. The zero-order chi connectivity index (χ0) is 31.1. The maximum Gasteiger partial charge on any atom is 0.128 e. The van der Waals surface area contributed by atoms with Crippen molar-refractivity contribution < 1.29 is 11.6 Å². The summed E-state index contributed by atoms with van der Waals surface area (Å²) in [5, 5.41) is 13.9. The number of nitrogens with one attached hydrogen (secondary N) is 1. The van der Waals surface area contributed by atoms with Gasteiger partial charge >= 0.3 is 0 Å². The zero-order valence-corrected chi connectivity index (χ0v) is 22.7. The first-order chi connectivity index (χ1) is 21.0. The molecule has 202 valence electrons. The number of para-hydroxylation sites is 1. The largest absolute Gasteiger partial charge is 0.493 e. The van der Waals surface area contributed by atoms with Crippen LogP contribution >= 0.6 is 11.6 Å². The maximum absolute atomic E-state index is 9.74. The summed E-state index contributed by atoms with van der Waals surface area (Å²) in [7, 11) is 0. The molecule has 0 aliphatic carbocycles. The lowest BCUT2D eigenvalue weighted by molar-refractivity contribution is 0.140. The minimum absolute atomic E-state index is 0.109. The highest BCUT2D eigenvalue weighted by molar-refractivity contribution is 6.30. The van der Waals surface area contributed by atoms with Crippen molar-refractivity contribution in [3.05, 3.63) is 76.4 Å². The lowest BCUT2D eigenvalue weighted by atomic mass is 9.69. The Morgan fingerprint density at radius 2 is 2.10 bits per heavy atom. The number of benzene rings is 2. The van der Waals surface area contributed by atoms with E-state index in [1.807, 2.05) is 24.3 Å². The Kier molecular flexibility index (Phi) is 5.94. The van der Waals surface area contributed by atoms with Crippen molar-refractivity contribution in [1.82, 2.24) is 15.2 Å². The number of ether oxygens (including phenoxy) is 1. The molecule has 3 aliphatic heterocycles. The van der Waals surface area contributed by atoms with Gasteiger partial charge in [-0.25, -0.2) is 0 Å². The monoisotopic (exact) mass is 546 g/mol. The number of halogens is 1. The van der Waals surface area contributed by atoms with E-state index in [2.05, 4.69) is 27.3 Å². The molecule has 1 spiro atoms. The predicted molar refractivity (Wildman–Crippen MR) is 156 cm³/mol. The van der Waals surface area contributed by atoms with Crippen molar-refractivity contribution in [2.75, 3.05) is 44.2 Å². The third kappa shape index (κ3) is 5.24. The second-order valence-corrected chi connectivity index (χ2v) is 11.3. The molecule has 4 heterocycles.